The summed E-state index contributed by atoms with van der Waals surface area (Å²) >= 11 is 0. The Morgan fingerprint density at radius 1 is 1.07 bits per heavy atom. The molecule has 1 atom stereocenters. The fourth-order valence-corrected chi connectivity index (χ4v) is 2.70. The highest BCUT2D eigenvalue weighted by Crippen LogP contribution is 2.11. The van der Waals surface area contributed by atoms with Crippen molar-refractivity contribution in [1.29, 1.82) is 0 Å². The van der Waals surface area contributed by atoms with Gasteiger partial charge >= 0.3 is 12.1 Å². The van der Waals surface area contributed by atoms with Gasteiger partial charge in [-0.15, -0.1) is 0 Å². The third kappa shape index (κ3) is 6.82. The Morgan fingerprint density at radius 3 is 2.21 bits per heavy atom. The van der Waals surface area contributed by atoms with E-state index in [-0.39, 0.29) is 32.8 Å². The molecule has 0 radical (unpaired) electrons. The van der Waals surface area contributed by atoms with E-state index in [9.17, 15) is 24.6 Å². The van der Waals surface area contributed by atoms with Crippen molar-refractivity contribution in [3.05, 3.63) is 35.9 Å². The van der Waals surface area contributed by atoms with Crippen LogP contribution in [0.5, 0.6) is 0 Å². The van der Waals surface area contributed by atoms with Crippen LogP contribution in [-0.4, -0.2) is 76.1 Å². The molecule has 1 aliphatic heterocycles. The minimum absolute atomic E-state index is 0.168. The van der Waals surface area contributed by atoms with Crippen LogP contribution in [0.2, 0.25) is 0 Å². The van der Waals surface area contributed by atoms with Crippen molar-refractivity contribution in [2.24, 2.45) is 0 Å². The topological polar surface area (TPSA) is 117 Å². The van der Waals surface area contributed by atoms with Crippen LogP contribution in [0.1, 0.15) is 25.8 Å². The molecule has 154 valence electrons. The number of ether oxygens (including phenoxy) is 2. The normalized spacial score (nSPS) is 15.7. The van der Waals surface area contributed by atoms with E-state index in [4.69, 9.17) is 4.74 Å². The van der Waals surface area contributed by atoms with Crippen molar-refractivity contribution in [1.82, 2.24) is 9.80 Å². The molecule has 0 saturated carbocycles. The van der Waals surface area contributed by atoms with Gasteiger partial charge in [-0.2, -0.15) is 0 Å². The van der Waals surface area contributed by atoms with Crippen molar-refractivity contribution < 1.29 is 34.1 Å². The molecule has 2 rings (SSSR count). The minimum Gasteiger partial charge on any atom is -0.445 e. The number of hydrogen-bond acceptors (Lipinski definition) is 7. The average molecular weight is 394 g/mol. The van der Waals surface area contributed by atoms with Gasteiger partial charge in [-0.3, -0.25) is 9.59 Å². The molecule has 2 N–H and O–H groups in total. The molecule has 0 bridgehead atoms. The Morgan fingerprint density at radius 2 is 1.64 bits per heavy atom. The molecule has 0 aliphatic carbocycles. The monoisotopic (exact) mass is 394 g/mol. The number of benzene rings is 1. The zero-order valence-corrected chi connectivity index (χ0v) is 16.0. The molecule has 9 heteroatoms. The van der Waals surface area contributed by atoms with Crippen LogP contribution >= 0.6 is 0 Å². The second-order valence-electron chi connectivity index (χ2n) is 6.99. The van der Waals surface area contributed by atoms with Gasteiger partial charge in [0.2, 0.25) is 5.79 Å². The number of rotatable bonds is 6. The summed E-state index contributed by atoms with van der Waals surface area (Å²) in [6, 6.07) is 9.30. The van der Waals surface area contributed by atoms with Gasteiger partial charge in [0.1, 0.15) is 12.7 Å². The van der Waals surface area contributed by atoms with Gasteiger partial charge in [-0.05, 0) is 5.56 Å². The van der Waals surface area contributed by atoms with E-state index >= 15 is 0 Å². The molecule has 0 aromatic heterocycles. The molecule has 0 unspecified atom stereocenters. The number of piperazine rings is 1. The molecular formula is C19H26N2O7. The number of amides is 2. The summed E-state index contributed by atoms with van der Waals surface area (Å²) in [5.74, 6) is -3.17. The SMILES string of the molecule is CC(C)(O)OC(=O)C[C@@H](O)C(=O)N1CCN(C(=O)OCc2ccccc2)CC1. The second-order valence-corrected chi connectivity index (χ2v) is 6.99. The molecule has 1 aromatic rings. The van der Waals surface area contributed by atoms with Gasteiger partial charge in [-0.1, -0.05) is 30.3 Å². The minimum atomic E-state index is -1.68. The summed E-state index contributed by atoms with van der Waals surface area (Å²) in [7, 11) is 0. The van der Waals surface area contributed by atoms with E-state index in [0.717, 1.165) is 5.56 Å². The lowest BCUT2D eigenvalue weighted by molar-refractivity contribution is -0.197. The molecule has 0 spiro atoms. The van der Waals surface area contributed by atoms with Crippen LogP contribution in [0.3, 0.4) is 0 Å². The Bertz CT molecular complexity index is 679. The smallest absolute Gasteiger partial charge is 0.410 e. The molecule has 1 aliphatic rings. The number of aliphatic hydroxyl groups excluding tert-OH is 1. The van der Waals surface area contributed by atoms with Crippen molar-refractivity contribution in [2.45, 2.75) is 38.8 Å². The third-order valence-electron chi connectivity index (χ3n) is 4.06. The average Bonchev–Trinajstić information content (AvgIpc) is 2.64. The zero-order valence-electron chi connectivity index (χ0n) is 16.0. The first-order chi connectivity index (χ1) is 13.2. The van der Waals surface area contributed by atoms with E-state index in [0.29, 0.717) is 0 Å². The standard InChI is InChI=1S/C19H26N2O7/c1-19(2,26)28-16(23)12-15(22)17(24)20-8-10-21(11-9-20)18(25)27-13-14-6-4-3-5-7-14/h3-7,15,22,26H,8-13H2,1-2H3/t15-/m1/s1. The lowest BCUT2D eigenvalue weighted by atomic mass is 10.2. The van der Waals surface area contributed by atoms with Crippen molar-refractivity contribution in [3.8, 4) is 0 Å². The van der Waals surface area contributed by atoms with Gasteiger partial charge < -0.3 is 29.5 Å². The Hall–Kier alpha value is -2.65. The maximum Gasteiger partial charge on any atom is 0.410 e. The largest absolute Gasteiger partial charge is 0.445 e. The first-order valence-electron chi connectivity index (χ1n) is 9.02. The van der Waals surface area contributed by atoms with Crippen LogP contribution in [0.25, 0.3) is 0 Å². The quantitative estimate of drug-likeness (QED) is 0.533. The van der Waals surface area contributed by atoms with E-state index in [1.165, 1.54) is 23.6 Å². The molecule has 28 heavy (non-hydrogen) atoms. The summed E-state index contributed by atoms with van der Waals surface area (Å²) in [5.41, 5.74) is 0.880. The molecule has 9 nitrogen and oxygen atoms in total. The number of aliphatic hydroxyl groups is 2. The molecular weight excluding hydrogens is 368 g/mol. The summed E-state index contributed by atoms with van der Waals surface area (Å²) < 4.78 is 9.93. The summed E-state index contributed by atoms with van der Waals surface area (Å²) in [6.07, 6.45) is -2.58. The molecule has 1 aromatic carbocycles. The Balaban J connectivity index is 1.75. The fraction of sp³-hybridized carbons (Fsp3) is 0.526. The van der Waals surface area contributed by atoms with Gasteiger partial charge in [-0.25, -0.2) is 4.79 Å². The Kier molecular flexibility index (Phi) is 7.36. The van der Waals surface area contributed by atoms with E-state index < -0.39 is 36.3 Å². The van der Waals surface area contributed by atoms with Gasteiger partial charge in [0.05, 0.1) is 6.42 Å². The van der Waals surface area contributed by atoms with Gasteiger partial charge in [0.25, 0.3) is 5.91 Å². The van der Waals surface area contributed by atoms with Gasteiger partial charge in [0.15, 0.2) is 0 Å². The molecule has 1 fully saturated rings. The van der Waals surface area contributed by atoms with E-state index in [2.05, 4.69) is 4.74 Å². The lowest BCUT2D eigenvalue weighted by Gasteiger charge is -2.35. The van der Waals surface area contributed by atoms with E-state index in [1.54, 1.807) is 0 Å². The summed E-state index contributed by atoms with van der Waals surface area (Å²) in [4.78, 5) is 38.9. The first-order valence-corrected chi connectivity index (χ1v) is 9.02. The van der Waals surface area contributed by atoms with E-state index in [1.807, 2.05) is 30.3 Å². The van der Waals surface area contributed by atoms with Crippen molar-refractivity contribution in [2.75, 3.05) is 26.2 Å². The highest BCUT2D eigenvalue weighted by Gasteiger charge is 2.31. The number of esters is 1. The zero-order chi connectivity index (χ0) is 20.7. The lowest BCUT2D eigenvalue weighted by Crippen LogP contribution is -2.53. The number of hydrogen-bond donors (Lipinski definition) is 2. The number of carbonyl (C=O) groups is 3. The highest BCUT2D eigenvalue weighted by molar-refractivity contribution is 5.85. The highest BCUT2D eigenvalue weighted by atomic mass is 16.7. The maximum absolute atomic E-state index is 12.3. The fourth-order valence-electron chi connectivity index (χ4n) is 2.70. The van der Waals surface area contributed by atoms with Crippen LogP contribution < -0.4 is 0 Å². The predicted octanol–water partition coefficient (Wildman–Crippen LogP) is 0.490. The summed E-state index contributed by atoms with van der Waals surface area (Å²) in [5, 5.41) is 19.4. The summed E-state index contributed by atoms with van der Waals surface area (Å²) in [6.45, 7) is 3.68. The third-order valence-corrected chi connectivity index (χ3v) is 4.06. The Labute approximate surface area is 163 Å². The van der Waals surface area contributed by atoms with Crippen molar-refractivity contribution in [3.63, 3.8) is 0 Å². The molecule has 1 heterocycles. The van der Waals surface area contributed by atoms with Crippen LogP contribution in [0.4, 0.5) is 4.79 Å². The molecule has 1 saturated heterocycles. The van der Waals surface area contributed by atoms with Crippen LogP contribution in [-0.2, 0) is 25.7 Å². The maximum atomic E-state index is 12.3. The van der Waals surface area contributed by atoms with Crippen LogP contribution in [0.15, 0.2) is 30.3 Å². The second kappa shape index (κ2) is 9.52. The van der Waals surface area contributed by atoms with Gasteiger partial charge in [0, 0.05) is 40.0 Å². The first kappa shape index (κ1) is 21.6. The molecule has 2 amide bonds. The number of nitrogens with zero attached hydrogens (tertiary/aromatic N) is 2. The predicted molar refractivity (Wildman–Crippen MR) is 97.8 cm³/mol. The van der Waals surface area contributed by atoms with Crippen molar-refractivity contribution >= 4 is 18.0 Å². The van der Waals surface area contributed by atoms with Crippen LogP contribution in [0, 0.1) is 0 Å². The number of carbonyl (C=O) groups excluding carboxylic acids is 3.